The van der Waals surface area contributed by atoms with E-state index in [4.69, 9.17) is 10.5 Å². The molecule has 0 bridgehead atoms. The molecule has 9 heteroatoms. The Bertz CT molecular complexity index is 1220. The summed E-state index contributed by atoms with van der Waals surface area (Å²) in [5.74, 6) is -1.64. The second-order valence-corrected chi connectivity index (χ2v) is 10.1. The normalized spacial score (nSPS) is 22.2. The lowest BCUT2D eigenvalue weighted by atomic mass is 9.76. The molecule has 0 amide bonds. The van der Waals surface area contributed by atoms with Crippen LogP contribution in [0.4, 0.5) is 24.5 Å². The molecule has 0 radical (unpaired) electrons. The first kappa shape index (κ1) is 25.5. The summed E-state index contributed by atoms with van der Waals surface area (Å²) in [5.41, 5.74) is 8.31. The second kappa shape index (κ2) is 11.1. The minimum atomic E-state index is -0.852. The van der Waals surface area contributed by atoms with Gasteiger partial charge in [0.15, 0.2) is 0 Å². The summed E-state index contributed by atoms with van der Waals surface area (Å²) in [4.78, 5) is 10.4. The number of nitrogens with two attached hydrogens (primary N) is 1. The lowest BCUT2D eigenvalue weighted by Gasteiger charge is -2.32. The van der Waals surface area contributed by atoms with Gasteiger partial charge >= 0.3 is 0 Å². The lowest BCUT2D eigenvalue weighted by molar-refractivity contribution is 0.122. The fourth-order valence-electron chi connectivity index (χ4n) is 5.55. The highest BCUT2D eigenvalue weighted by molar-refractivity contribution is 5.66. The third-order valence-electron chi connectivity index (χ3n) is 7.28. The van der Waals surface area contributed by atoms with Crippen LogP contribution in [0.2, 0.25) is 0 Å². The standard InChI is InChI=1S/C28H32F3N5O/c1-17-10-18(12-19(32)11-17)22-4-5-33-16-26(22)34-15-20-2-3-23(29)28(35-20)27-24(30)13-21(14-25(27)31)36-6-8-37-9-7-36/h2-5,13-14,16-19,34H,6-12,15,32H2,1H3. The van der Waals surface area contributed by atoms with Gasteiger partial charge in [-0.25, -0.2) is 18.2 Å². The first-order valence-electron chi connectivity index (χ1n) is 12.8. The Hall–Kier alpha value is -3.17. The molecule has 6 nitrogen and oxygen atoms in total. The molecule has 1 aliphatic heterocycles. The van der Waals surface area contributed by atoms with Crippen molar-refractivity contribution >= 4 is 11.4 Å². The molecule has 37 heavy (non-hydrogen) atoms. The number of rotatable bonds is 6. The largest absolute Gasteiger partial charge is 0.378 e. The number of benzene rings is 1. The maximum Gasteiger partial charge on any atom is 0.149 e. The molecule has 2 fully saturated rings. The molecule has 1 saturated carbocycles. The van der Waals surface area contributed by atoms with E-state index in [1.165, 1.54) is 24.3 Å². The number of nitrogens with one attached hydrogen (secondary N) is 1. The van der Waals surface area contributed by atoms with Crippen LogP contribution in [0, 0.1) is 23.4 Å². The van der Waals surface area contributed by atoms with Crippen molar-refractivity contribution in [2.75, 3.05) is 36.5 Å². The van der Waals surface area contributed by atoms with Crippen LogP contribution in [0.5, 0.6) is 0 Å². The van der Waals surface area contributed by atoms with Gasteiger partial charge in [0.05, 0.1) is 42.9 Å². The number of aromatic nitrogens is 2. The van der Waals surface area contributed by atoms with E-state index >= 15 is 8.78 Å². The number of nitrogens with zero attached hydrogens (tertiary/aromatic N) is 3. The molecule has 2 aromatic heterocycles. The van der Waals surface area contributed by atoms with Crippen molar-refractivity contribution < 1.29 is 17.9 Å². The van der Waals surface area contributed by atoms with E-state index in [1.54, 1.807) is 12.4 Å². The smallest absolute Gasteiger partial charge is 0.149 e. The van der Waals surface area contributed by atoms with Crippen LogP contribution in [-0.4, -0.2) is 42.3 Å². The molecule has 2 aliphatic rings. The Morgan fingerprint density at radius 2 is 1.78 bits per heavy atom. The molecular formula is C28H32F3N5O. The summed E-state index contributed by atoms with van der Waals surface area (Å²) in [7, 11) is 0. The summed E-state index contributed by atoms with van der Waals surface area (Å²) < 4.78 is 50.2. The SMILES string of the molecule is CC1CC(N)CC(c2ccncc2NCc2ccc(F)c(-c3c(F)cc(N4CCOCC4)cc3F)n2)C1. The molecule has 3 N–H and O–H groups in total. The Labute approximate surface area is 215 Å². The molecule has 1 aromatic carbocycles. The zero-order valence-electron chi connectivity index (χ0n) is 20.9. The topological polar surface area (TPSA) is 76.3 Å². The first-order valence-corrected chi connectivity index (χ1v) is 12.8. The van der Waals surface area contributed by atoms with Gasteiger partial charge in [-0.05, 0) is 67.0 Å². The van der Waals surface area contributed by atoms with E-state index in [-0.39, 0.29) is 18.3 Å². The van der Waals surface area contributed by atoms with Crippen molar-refractivity contribution in [3.63, 3.8) is 0 Å². The van der Waals surface area contributed by atoms with Crippen molar-refractivity contribution in [2.24, 2.45) is 11.7 Å². The minimum Gasteiger partial charge on any atom is -0.378 e. The number of hydrogen-bond donors (Lipinski definition) is 2. The van der Waals surface area contributed by atoms with Crippen LogP contribution in [0.1, 0.15) is 43.4 Å². The van der Waals surface area contributed by atoms with E-state index in [9.17, 15) is 4.39 Å². The number of morpholine rings is 1. The van der Waals surface area contributed by atoms with Crippen LogP contribution in [-0.2, 0) is 11.3 Å². The minimum absolute atomic E-state index is 0.163. The van der Waals surface area contributed by atoms with Gasteiger partial charge in [-0.3, -0.25) is 4.98 Å². The number of ether oxygens (including phenoxy) is 1. The molecule has 1 aliphatic carbocycles. The molecule has 3 aromatic rings. The summed E-state index contributed by atoms with van der Waals surface area (Å²) >= 11 is 0. The monoisotopic (exact) mass is 511 g/mol. The summed E-state index contributed by atoms with van der Waals surface area (Å²) in [5, 5.41) is 3.34. The average Bonchev–Trinajstić information content (AvgIpc) is 2.88. The zero-order valence-corrected chi connectivity index (χ0v) is 20.9. The fourth-order valence-corrected chi connectivity index (χ4v) is 5.55. The highest BCUT2D eigenvalue weighted by Crippen LogP contribution is 2.38. The van der Waals surface area contributed by atoms with Crippen molar-refractivity contribution in [2.45, 2.75) is 44.7 Å². The van der Waals surface area contributed by atoms with E-state index < -0.39 is 23.0 Å². The molecular weight excluding hydrogens is 479 g/mol. The second-order valence-electron chi connectivity index (χ2n) is 10.1. The first-order chi connectivity index (χ1) is 17.9. The summed E-state index contributed by atoms with van der Waals surface area (Å²) in [6.07, 6.45) is 6.50. The third-order valence-corrected chi connectivity index (χ3v) is 7.28. The average molecular weight is 512 g/mol. The Morgan fingerprint density at radius 1 is 1.03 bits per heavy atom. The van der Waals surface area contributed by atoms with Crippen LogP contribution in [0.3, 0.4) is 0 Å². The molecule has 0 spiro atoms. The third kappa shape index (κ3) is 5.72. The quantitative estimate of drug-likeness (QED) is 0.472. The van der Waals surface area contributed by atoms with E-state index in [0.717, 1.165) is 30.5 Å². The number of hydrogen-bond acceptors (Lipinski definition) is 6. The lowest BCUT2D eigenvalue weighted by Crippen LogP contribution is -2.36. The van der Waals surface area contributed by atoms with Gasteiger partial charge in [0, 0.05) is 31.0 Å². The number of pyridine rings is 2. The molecule has 3 heterocycles. The van der Waals surface area contributed by atoms with Crippen molar-refractivity contribution in [1.29, 1.82) is 0 Å². The highest BCUT2D eigenvalue weighted by Gasteiger charge is 2.27. The maximum absolute atomic E-state index is 15.1. The van der Waals surface area contributed by atoms with Crippen molar-refractivity contribution in [1.82, 2.24) is 9.97 Å². The van der Waals surface area contributed by atoms with Gasteiger partial charge < -0.3 is 20.7 Å². The van der Waals surface area contributed by atoms with E-state index in [1.807, 2.05) is 11.0 Å². The molecule has 1 saturated heterocycles. The summed E-state index contributed by atoms with van der Waals surface area (Å²) in [6, 6.07) is 7.33. The van der Waals surface area contributed by atoms with E-state index in [2.05, 4.69) is 22.2 Å². The zero-order chi connectivity index (χ0) is 25.9. The highest BCUT2D eigenvalue weighted by atomic mass is 19.1. The van der Waals surface area contributed by atoms with Crippen LogP contribution < -0.4 is 16.0 Å². The number of anilines is 2. The molecule has 196 valence electrons. The number of halogens is 3. The van der Waals surface area contributed by atoms with Crippen LogP contribution in [0.15, 0.2) is 42.7 Å². The van der Waals surface area contributed by atoms with Gasteiger partial charge in [0.25, 0.3) is 0 Å². The van der Waals surface area contributed by atoms with Crippen molar-refractivity contribution in [3.8, 4) is 11.3 Å². The Kier molecular flexibility index (Phi) is 7.62. The molecule has 3 unspecified atom stereocenters. The molecule has 5 rings (SSSR count). The fraction of sp³-hybridized carbons (Fsp3) is 0.429. The van der Waals surface area contributed by atoms with Crippen LogP contribution in [0.25, 0.3) is 11.3 Å². The van der Waals surface area contributed by atoms with Crippen LogP contribution >= 0.6 is 0 Å². The Morgan fingerprint density at radius 3 is 2.51 bits per heavy atom. The van der Waals surface area contributed by atoms with Crippen molar-refractivity contribution in [3.05, 3.63) is 71.4 Å². The Balaban J connectivity index is 1.37. The predicted molar refractivity (Wildman–Crippen MR) is 138 cm³/mol. The van der Waals surface area contributed by atoms with E-state index in [0.29, 0.717) is 49.5 Å². The van der Waals surface area contributed by atoms with Gasteiger partial charge in [-0.2, -0.15) is 0 Å². The van der Waals surface area contributed by atoms with Gasteiger partial charge in [0.1, 0.15) is 23.1 Å². The maximum atomic E-state index is 15.1. The van der Waals surface area contributed by atoms with Gasteiger partial charge in [-0.1, -0.05) is 6.92 Å². The summed E-state index contributed by atoms with van der Waals surface area (Å²) in [6.45, 7) is 4.51. The molecule has 3 atom stereocenters. The van der Waals surface area contributed by atoms with Gasteiger partial charge in [0.2, 0.25) is 0 Å². The van der Waals surface area contributed by atoms with Gasteiger partial charge in [-0.15, -0.1) is 0 Å². The predicted octanol–water partition coefficient (Wildman–Crippen LogP) is 5.24.